The Morgan fingerprint density at radius 2 is 2.00 bits per heavy atom. The van der Waals surface area contributed by atoms with E-state index in [1.165, 1.54) is 0 Å². The van der Waals surface area contributed by atoms with Crippen LogP contribution in [0.4, 0.5) is 0 Å². The molecule has 6 nitrogen and oxygen atoms in total. The van der Waals surface area contributed by atoms with Crippen LogP contribution in [0.1, 0.15) is 46.5 Å². The molecular formula is C16H33IN4O2S. The molecule has 0 aromatic carbocycles. The summed E-state index contributed by atoms with van der Waals surface area (Å²) in [5.74, 6) is 1.43. The molecule has 0 heterocycles. The molecule has 1 rings (SSSR count). The average molecular weight is 472 g/mol. The third-order valence-corrected chi connectivity index (χ3v) is 6.13. The molecule has 1 saturated carbocycles. The van der Waals surface area contributed by atoms with Crippen molar-refractivity contribution in [3.8, 4) is 0 Å². The third kappa shape index (κ3) is 7.25. The number of hydrogen-bond donors (Lipinski definition) is 3. The second-order valence-corrected chi connectivity index (χ2v) is 8.69. The van der Waals surface area contributed by atoms with E-state index >= 15 is 0 Å². The van der Waals surface area contributed by atoms with Crippen LogP contribution in [-0.2, 0) is 15.6 Å². The van der Waals surface area contributed by atoms with E-state index in [0.717, 1.165) is 31.4 Å². The third-order valence-electron chi connectivity index (χ3n) is 4.39. The Labute approximate surface area is 165 Å². The van der Waals surface area contributed by atoms with E-state index in [1.807, 2.05) is 20.8 Å². The number of hydrogen-bond acceptors (Lipinski definition) is 3. The van der Waals surface area contributed by atoms with Crippen molar-refractivity contribution < 1.29 is 9.00 Å². The first-order valence-corrected chi connectivity index (χ1v) is 9.78. The summed E-state index contributed by atoms with van der Waals surface area (Å²) in [6, 6.07) is 0.290. The first kappa shape index (κ1) is 23.6. The van der Waals surface area contributed by atoms with Crippen molar-refractivity contribution in [1.29, 1.82) is 0 Å². The second-order valence-electron chi connectivity index (χ2n) is 6.69. The van der Waals surface area contributed by atoms with Crippen LogP contribution in [0, 0.1) is 5.41 Å². The Morgan fingerprint density at radius 1 is 1.33 bits per heavy atom. The molecule has 1 amide bonds. The van der Waals surface area contributed by atoms with Crippen molar-refractivity contribution in [2.45, 2.75) is 57.7 Å². The van der Waals surface area contributed by atoms with Gasteiger partial charge in [0.1, 0.15) is 0 Å². The highest BCUT2D eigenvalue weighted by Gasteiger charge is 2.28. The molecule has 0 radical (unpaired) electrons. The quantitative estimate of drug-likeness (QED) is 0.312. The van der Waals surface area contributed by atoms with Crippen molar-refractivity contribution in [2.24, 2.45) is 10.4 Å². The summed E-state index contributed by atoms with van der Waals surface area (Å²) in [7, 11) is 2.65. The molecule has 3 unspecified atom stereocenters. The van der Waals surface area contributed by atoms with Crippen LogP contribution in [0.25, 0.3) is 0 Å². The molecule has 8 heteroatoms. The van der Waals surface area contributed by atoms with Crippen LogP contribution in [-0.4, -0.2) is 53.8 Å². The Hall–Kier alpha value is -0.380. The molecule has 1 fully saturated rings. The van der Waals surface area contributed by atoms with Crippen molar-refractivity contribution in [3.63, 3.8) is 0 Å². The molecule has 3 atom stereocenters. The van der Waals surface area contributed by atoms with Gasteiger partial charge in [-0.3, -0.25) is 14.0 Å². The highest BCUT2D eigenvalue weighted by molar-refractivity contribution is 14.0. The zero-order valence-electron chi connectivity index (χ0n) is 15.5. The van der Waals surface area contributed by atoms with Crippen molar-refractivity contribution in [2.75, 3.05) is 26.4 Å². The van der Waals surface area contributed by atoms with Crippen LogP contribution in [0.15, 0.2) is 4.99 Å². The van der Waals surface area contributed by atoms with Gasteiger partial charge in [0, 0.05) is 48.5 Å². The van der Waals surface area contributed by atoms with E-state index in [2.05, 4.69) is 20.9 Å². The number of aliphatic imine (C=N–C) groups is 1. The first-order chi connectivity index (χ1) is 10.8. The molecule has 0 bridgehead atoms. The van der Waals surface area contributed by atoms with Crippen LogP contribution >= 0.6 is 24.0 Å². The Morgan fingerprint density at radius 3 is 2.54 bits per heavy atom. The first-order valence-electron chi connectivity index (χ1n) is 8.40. The number of amides is 1. The molecule has 1 aliphatic rings. The number of halogens is 1. The van der Waals surface area contributed by atoms with Gasteiger partial charge in [0.2, 0.25) is 5.91 Å². The molecule has 1 aliphatic carbocycles. The van der Waals surface area contributed by atoms with Crippen LogP contribution in [0.5, 0.6) is 0 Å². The summed E-state index contributed by atoms with van der Waals surface area (Å²) in [6.45, 7) is 6.28. The maximum absolute atomic E-state index is 12.0. The van der Waals surface area contributed by atoms with Crippen LogP contribution in [0.3, 0.4) is 0 Å². The number of nitrogens with zero attached hydrogens (tertiary/aromatic N) is 1. The highest BCUT2D eigenvalue weighted by Crippen LogP contribution is 2.23. The van der Waals surface area contributed by atoms with E-state index in [0.29, 0.717) is 18.5 Å². The van der Waals surface area contributed by atoms with E-state index in [4.69, 9.17) is 0 Å². The zero-order chi connectivity index (χ0) is 17.5. The van der Waals surface area contributed by atoms with Gasteiger partial charge in [-0.1, -0.05) is 13.3 Å². The van der Waals surface area contributed by atoms with Crippen LogP contribution < -0.4 is 16.0 Å². The lowest BCUT2D eigenvalue weighted by Crippen LogP contribution is -2.50. The Bertz CT molecular complexity index is 457. The van der Waals surface area contributed by atoms with E-state index in [9.17, 15) is 9.00 Å². The fourth-order valence-corrected chi connectivity index (χ4v) is 4.21. The van der Waals surface area contributed by atoms with E-state index < -0.39 is 16.2 Å². The van der Waals surface area contributed by atoms with Gasteiger partial charge >= 0.3 is 0 Å². The van der Waals surface area contributed by atoms with Crippen molar-refractivity contribution >= 4 is 46.6 Å². The summed E-state index contributed by atoms with van der Waals surface area (Å²) >= 11 is 0. The minimum Gasteiger partial charge on any atom is -0.359 e. The highest BCUT2D eigenvalue weighted by atomic mass is 127. The number of guanidine groups is 1. The minimum absolute atomic E-state index is 0. The summed E-state index contributed by atoms with van der Waals surface area (Å²) < 4.78 is 12.0. The molecule has 0 aromatic heterocycles. The summed E-state index contributed by atoms with van der Waals surface area (Å²) in [5, 5.41) is 9.61. The fourth-order valence-electron chi connectivity index (χ4n) is 2.86. The fraction of sp³-hybridized carbons (Fsp3) is 0.875. The normalized spacial score (nSPS) is 23.0. The maximum Gasteiger partial charge on any atom is 0.227 e. The molecule has 0 aliphatic heterocycles. The van der Waals surface area contributed by atoms with Gasteiger partial charge in [0.15, 0.2) is 5.96 Å². The lowest BCUT2D eigenvalue weighted by molar-refractivity contribution is -0.128. The van der Waals surface area contributed by atoms with Gasteiger partial charge in [0.25, 0.3) is 0 Å². The molecule has 0 aromatic rings. The predicted octanol–water partition coefficient (Wildman–Crippen LogP) is 1.62. The molecule has 0 saturated heterocycles. The molecule has 24 heavy (non-hydrogen) atoms. The average Bonchev–Trinajstić information content (AvgIpc) is 2.57. The number of carbonyl (C=O) groups excluding carboxylic acids is 1. The summed E-state index contributed by atoms with van der Waals surface area (Å²) in [5.41, 5.74) is -0.509. The molecule has 142 valence electrons. The monoisotopic (exact) mass is 472 g/mol. The number of nitrogens with one attached hydrogen (secondary N) is 3. The molecule has 0 spiro atoms. The summed E-state index contributed by atoms with van der Waals surface area (Å²) in [6.07, 6.45) is 4.13. The zero-order valence-corrected chi connectivity index (χ0v) is 18.6. The lowest BCUT2D eigenvalue weighted by Gasteiger charge is -2.31. The van der Waals surface area contributed by atoms with Gasteiger partial charge in [-0.05, 0) is 33.1 Å². The van der Waals surface area contributed by atoms with Crippen molar-refractivity contribution in [1.82, 2.24) is 16.0 Å². The summed E-state index contributed by atoms with van der Waals surface area (Å²) in [4.78, 5) is 16.1. The van der Waals surface area contributed by atoms with Crippen LogP contribution in [0.2, 0.25) is 0 Å². The van der Waals surface area contributed by atoms with Gasteiger partial charge in [-0.15, -0.1) is 24.0 Å². The number of carbonyl (C=O) groups is 1. The van der Waals surface area contributed by atoms with Crippen molar-refractivity contribution in [3.05, 3.63) is 0 Å². The Kier molecular flexibility index (Phi) is 11.1. The smallest absolute Gasteiger partial charge is 0.227 e. The van der Waals surface area contributed by atoms with Gasteiger partial charge < -0.3 is 16.0 Å². The van der Waals surface area contributed by atoms with Gasteiger partial charge in [-0.25, -0.2) is 0 Å². The molecular weight excluding hydrogens is 439 g/mol. The van der Waals surface area contributed by atoms with Gasteiger partial charge in [0.05, 0.1) is 5.41 Å². The standard InChI is InChI=1S/C16H32N4O2S.HI/c1-6-23(22)13-9-7-8-12(10-13)20-15(18-5)19-11-16(2,3)14(21)17-4;/h12-13H,6-11H2,1-5H3,(H,17,21)(H2,18,19,20);1H. The van der Waals surface area contributed by atoms with E-state index in [-0.39, 0.29) is 35.1 Å². The SMILES string of the molecule is CCS(=O)C1CCCC(NC(=NC)NCC(C)(C)C(=O)NC)C1.I. The van der Waals surface area contributed by atoms with E-state index in [1.54, 1.807) is 14.1 Å². The minimum atomic E-state index is -0.729. The predicted molar refractivity (Wildman–Crippen MR) is 112 cm³/mol. The second kappa shape index (κ2) is 11.3. The lowest BCUT2D eigenvalue weighted by atomic mass is 9.92. The topological polar surface area (TPSA) is 82.6 Å². The molecule has 3 N–H and O–H groups in total. The maximum atomic E-state index is 12.0. The largest absolute Gasteiger partial charge is 0.359 e. The van der Waals surface area contributed by atoms with Gasteiger partial charge in [-0.2, -0.15) is 0 Å². The number of rotatable bonds is 6. The Balaban J connectivity index is 0.00000529.